The zero-order valence-corrected chi connectivity index (χ0v) is 19.5. The maximum absolute atomic E-state index is 12.4. The van der Waals surface area contributed by atoms with Crippen LogP contribution in [0.25, 0.3) is 10.9 Å². The molecule has 1 fully saturated rings. The monoisotopic (exact) mass is 451 g/mol. The smallest absolute Gasteiger partial charge is 0.319 e. The Morgan fingerprint density at radius 3 is 2.50 bits per heavy atom. The summed E-state index contributed by atoms with van der Waals surface area (Å²) in [5.41, 5.74) is 3.76. The van der Waals surface area contributed by atoms with Crippen LogP contribution in [0.1, 0.15) is 31.2 Å². The van der Waals surface area contributed by atoms with Gasteiger partial charge in [-0.3, -0.25) is 0 Å². The zero-order valence-electron chi connectivity index (χ0n) is 18.8. The van der Waals surface area contributed by atoms with Gasteiger partial charge in [-0.25, -0.2) is 9.78 Å². The number of nitrogens with zero attached hydrogens (tertiary/aromatic N) is 2. The normalized spacial score (nSPS) is 18.2. The van der Waals surface area contributed by atoms with Crippen LogP contribution in [0.15, 0.2) is 48.5 Å². The minimum atomic E-state index is -0.182. The first-order chi connectivity index (χ1) is 15.4. The van der Waals surface area contributed by atoms with E-state index in [4.69, 9.17) is 16.6 Å². The van der Waals surface area contributed by atoms with Crippen molar-refractivity contribution >= 4 is 45.7 Å². The van der Waals surface area contributed by atoms with Crippen molar-refractivity contribution in [2.24, 2.45) is 0 Å². The van der Waals surface area contributed by atoms with E-state index in [9.17, 15) is 4.79 Å². The molecular formula is C25H30ClN5O. The van der Waals surface area contributed by atoms with E-state index < -0.39 is 0 Å². The number of para-hydroxylation sites is 1. The topological polar surface area (TPSA) is 69.3 Å². The molecule has 1 aliphatic rings. The fourth-order valence-corrected chi connectivity index (χ4v) is 4.45. The molecule has 0 radical (unpaired) electrons. The van der Waals surface area contributed by atoms with Gasteiger partial charge in [0.1, 0.15) is 5.82 Å². The molecule has 2 aromatic carbocycles. The molecule has 32 heavy (non-hydrogen) atoms. The lowest BCUT2D eigenvalue weighted by molar-refractivity contribution is 0.243. The predicted octanol–water partition coefficient (Wildman–Crippen LogP) is 5.81. The van der Waals surface area contributed by atoms with E-state index in [0.717, 1.165) is 59.3 Å². The highest BCUT2D eigenvalue weighted by molar-refractivity contribution is 6.31. The Morgan fingerprint density at radius 1 is 1.03 bits per heavy atom. The molecular weight excluding hydrogens is 422 g/mol. The highest BCUT2D eigenvalue weighted by Gasteiger charge is 2.23. The number of carbonyl (C=O) groups is 1. The molecule has 168 valence electrons. The number of halogens is 1. The van der Waals surface area contributed by atoms with Crippen LogP contribution >= 0.6 is 11.6 Å². The molecule has 3 N–H and O–H groups in total. The Morgan fingerprint density at radius 2 is 1.75 bits per heavy atom. The Labute approximate surface area is 194 Å². The second kappa shape index (κ2) is 9.65. The van der Waals surface area contributed by atoms with Crippen molar-refractivity contribution in [3.63, 3.8) is 0 Å². The average Bonchev–Trinajstić information content (AvgIpc) is 2.77. The fraction of sp³-hybridized carbons (Fsp3) is 0.360. The molecule has 1 heterocycles. The van der Waals surface area contributed by atoms with Crippen molar-refractivity contribution < 1.29 is 4.79 Å². The first-order valence-electron chi connectivity index (χ1n) is 11.1. The molecule has 0 bridgehead atoms. The van der Waals surface area contributed by atoms with Gasteiger partial charge in [-0.05, 0) is 56.4 Å². The van der Waals surface area contributed by atoms with E-state index in [-0.39, 0.29) is 12.1 Å². The van der Waals surface area contributed by atoms with E-state index in [0.29, 0.717) is 11.1 Å². The molecule has 7 heteroatoms. The number of hydrogen-bond donors (Lipinski definition) is 3. The summed E-state index contributed by atoms with van der Waals surface area (Å²) in [6.45, 7) is 1.90. The quantitative estimate of drug-likeness (QED) is 0.458. The van der Waals surface area contributed by atoms with E-state index >= 15 is 0 Å². The van der Waals surface area contributed by atoms with Gasteiger partial charge in [-0.1, -0.05) is 35.9 Å². The molecule has 0 unspecified atom stereocenters. The molecule has 0 aliphatic heterocycles. The van der Waals surface area contributed by atoms with Gasteiger partial charge >= 0.3 is 6.03 Å². The van der Waals surface area contributed by atoms with Gasteiger partial charge in [0.2, 0.25) is 0 Å². The third-order valence-corrected chi connectivity index (χ3v) is 6.52. The number of benzene rings is 2. The van der Waals surface area contributed by atoms with Crippen LogP contribution in [0.2, 0.25) is 5.02 Å². The Kier molecular flexibility index (Phi) is 6.70. The number of nitrogens with one attached hydrogen (secondary N) is 3. The third-order valence-electron chi connectivity index (χ3n) is 6.11. The summed E-state index contributed by atoms with van der Waals surface area (Å²) in [6, 6.07) is 16.2. The fourth-order valence-electron chi connectivity index (χ4n) is 4.28. The Balaban J connectivity index is 1.33. The first-order valence-corrected chi connectivity index (χ1v) is 11.4. The standard InChI is InChI=1S/C25H30ClN5O/c1-16-20(26)8-6-10-21(16)30-25(32)28-18-13-11-17(12-14-18)27-24-15-23(31(2)3)19-7-4-5-9-22(19)29-24/h4-10,15,17-18H,11-14H2,1-3H3,(H,27,29)(H2,28,30,32). The number of aromatic nitrogens is 1. The van der Waals surface area contributed by atoms with Gasteiger partial charge in [-0.2, -0.15) is 0 Å². The lowest BCUT2D eigenvalue weighted by Gasteiger charge is -2.30. The summed E-state index contributed by atoms with van der Waals surface area (Å²) < 4.78 is 0. The number of carbonyl (C=O) groups excluding carboxylic acids is 1. The molecule has 3 aromatic rings. The SMILES string of the molecule is Cc1c(Cl)cccc1NC(=O)NC1CCC(Nc2cc(N(C)C)c3ccccc3n2)CC1. The molecule has 1 aromatic heterocycles. The molecule has 1 saturated carbocycles. The van der Waals surface area contributed by atoms with E-state index in [1.54, 1.807) is 0 Å². The maximum atomic E-state index is 12.4. The summed E-state index contributed by atoms with van der Waals surface area (Å²) in [4.78, 5) is 19.4. The number of pyridine rings is 1. The largest absolute Gasteiger partial charge is 0.377 e. The second-order valence-electron chi connectivity index (χ2n) is 8.64. The Bertz CT molecular complexity index is 1110. The highest BCUT2D eigenvalue weighted by Crippen LogP contribution is 2.29. The van der Waals surface area contributed by atoms with E-state index in [2.05, 4.69) is 53.1 Å². The summed E-state index contributed by atoms with van der Waals surface area (Å²) in [6.07, 6.45) is 3.81. The molecule has 2 amide bonds. The van der Waals surface area contributed by atoms with Crippen LogP contribution in [0, 0.1) is 6.92 Å². The minimum Gasteiger partial charge on any atom is -0.377 e. The van der Waals surface area contributed by atoms with Gasteiger partial charge in [0.05, 0.1) is 5.52 Å². The van der Waals surface area contributed by atoms with E-state index in [1.165, 1.54) is 0 Å². The summed E-state index contributed by atoms with van der Waals surface area (Å²) >= 11 is 6.14. The molecule has 0 atom stereocenters. The van der Waals surface area contributed by atoms with E-state index in [1.807, 2.05) is 37.3 Å². The summed E-state index contributed by atoms with van der Waals surface area (Å²) in [5, 5.41) is 11.4. The van der Waals surface area contributed by atoms with Crippen LogP contribution in [0.4, 0.5) is 22.0 Å². The molecule has 0 saturated heterocycles. The van der Waals surface area contributed by atoms with Gasteiger partial charge in [-0.15, -0.1) is 0 Å². The van der Waals surface area contributed by atoms with Crippen molar-refractivity contribution in [1.29, 1.82) is 0 Å². The van der Waals surface area contributed by atoms with Gasteiger partial charge in [0, 0.05) is 54.0 Å². The molecule has 4 rings (SSSR count). The highest BCUT2D eigenvalue weighted by atomic mass is 35.5. The minimum absolute atomic E-state index is 0.162. The van der Waals surface area contributed by atoms with Crippen molar-refractivity contribution in [1.82, 2.24) is 10.3 Å². The lowest BCUT2D eigenvalue weighted by Crippen LogP contribution is -2.42. The van der Waals surface area contributed by atoms with Crippen molar-refractivity contribution in [3.8, 4) is 0 Å². The molecule has 6 nitrogen and oxygen atoms in total. The Hall–Kier alpha value is -2.99. The van der Waals surface area contributed by atoms with Gasteiger partial charge < -0.3 is 20.9 Å². The number of hydrogen-bond acceptors (Lipinski definition) is 4. The van der Waals surface area contributed by atoms with Crippen LogP contribution in [0.3, 0.4) is 0 Å². The predicted molar refractivity (Wildman–Crippen MR) is 134 cm³/mol. The maximum Gasteiger partial charge on any atom is 0.319 e. The zero-order chi connectivity index (χ0) is 22.7. The van der Waals surface area contributed by atoms with Crippen LogP contribution in [0.5, 0.6) is 0 Å². The molecule has 0 spiro atoms. The van der Waals surface area contributed by atoms with Crippen molar-refractivity contribution in [3.05, 3.63) is 59.1 Å². The molecule has 1 aliphatic carbocycles. The number of rotatable bonds is 5. The summed E-state index contributed by atoms with van der Waals surface area (Å²) in [7, 11) is 4.11. The van der Waals surface area contributed by atoms with Gasteiger partial charge in [0.25, 0.3) is 0 Å². The first kappa shape index (κ1) is 22.2. The van der Waals surface area contributed by atoms with Crippen LogP contribution < -0.4 is 20.9 Å². The average molecular weight is 452 g/mol. The van der Waals surface area contributed by atoms with Gasteiger partial charge in [0.15, 0.2) is 0 Å². The second-order valence-corrected chi connectivity index (χ2v) is 9.05. The third kappa shape index (κ3) is 5.07. The number of fused-ring (bicyclic) bond motifs is 1. The van der Waals surface area contributed by atoms with Crippen LogP contribution in [-0.4, -0.2) is 37.2 Å². The number of anilines is 3. The van der Waals surface area contributed by atoms with Crippen molar-refractivity contribution in [2.75, 3.05) is 29.6 Å². The number of amides is 2. The lowest BCUT2D eigenvalue weighted by atomic mass is 9.91. The summed E-state index contributed by atoms with van der Waals surface area (Å²) in [5.74, 6) is 0.901. The van der Waals surface area contributed by atoms with Crippen LogP contribution in [-0.2, 0) is 0 Å². The van der Waals surface area contributed by atoms with Crippen molar-refractivity contribution in [2.45, 2.75) is 44.7 Å². The number of urea groups is 1.